The van der Waals surface area contributed by atoms with E-state index < -0.39 is 5.97 Å². The van der Waals surface area contributed by atoms with Crippen molar-refractivity contribution in [3.05, 3.63) is 33.9 Å². The normalized spacial score (nSPS) is 14.2. The molecule has 1 aromatic carbocycles. The van der Waals surface area contributed by atoms with Crippen LogP contribution in [0.1, 0.15) is 6.92 Å². The first kappa shape index (κ1) is 18.3. The molecule has 0 spiro atoms. The summed E-state index contributed by atoms with van der Waals surface area (Å²) in [6.07, 6.45) is 0. The van der Waals surface area contributed by atoms with E-state index >= 15 is 0 Å². The SMILES string of the molecule is CCOc1cc(Br)ccc1NC1=C(C(=O)OC)CN(CCO)C1=O. The molecule has 1 aliphatic heterocycles. The van der Waals surface area contributed by atoms with Crippen molar-refractivity contribution in [2.45, 2.75) is 6.92 Å². The minimum absolute atomic E-state index is 0.0922. The molecule has 0 bridgehead atoms. The summed E-state index contributed by atoms with van der Waals surface area (Å²) in [5.41, 5.74) is 0.926. The number of methoxy groups -OCH3 is 1. The van der Waals surface area contributed by atoms with E-state index in [0.29, 0.717) is 18.0 Å². The van der Waals surface area contributed by atoms with Crippen LogP contribution in [-0.2, 0) is 14.3 Å². The fourth-order valence-electron chi connectivity index (χ4n) is 2.36. The number of hydrogen-bond donors (Lipinski definition) is 2. The van der Waals surface area contributed by atoms with Gasteiger partial charge < -0.3 is 24.8 Å². The summed E-state index contributed by atoms with van der Waals surface area (Å²) in [5.74, 6) is -0.395. The molecule has 24 heavy (non-hydrogen) atoms. The number of carbonyl (C=O) groups excluding carboxylic acids is 2. The number of amides is 1. The fraction of sp³-hybridized carbons (Fsp3) is 0.375. The topological polar surface area (TPSA) is 88.1 Å². The van der Waals surface area contributed by atoms with Crippen LogP contribution in [0.25, 0.3) is 0 Å². The van der Waals surface area contributed by atoms with E-state index in [1.807, 2.05) is 6.92 Å². The van der Waals surface area contributed by atoms with E-state index in [0.717, 1.165) is 4.47 Å². The van der Waals surface area contributed by atoms with Crippen molar-refractivity contribution in [3.8, 4) is 5.75 Å². The Hall–Kier alpha value is -2.06. The van der Waals surface area contributed by atoms with Crippen molar-refractivity contribution >= 4 is 33.5 Å². The lowest BCUT2D eigenvalue weighted by atomic mass is 10.2. The van der Waals surface area contributed by atoms with Crippen molar-refractivity contribution < 1.29 is 24.2 Å². The zero-order valence-electron chi connectivity index (χ0n) is 13.5. The van der Waals surface area contributed by atoms with Gasteiger partial charge in [0.15, 0.2) is 0 Å². The van der Waals surface area contributed by atoms with E-state index in [2.05, 4.69) is 21.2 Å². The third-order valence-corrected chi connectivity index (χ3v) is 3.95. The monoisotopic (exact) mass is 398 g/mol. The van der Waals surface area contributed by atoms with Crippen LogP contribution in [0, 0.1) is 0 Å². The van der Waals surface area contributed by atoms with Crippen LogP contribution in [0.4, 0.5) is 5.69 Å². The third-order valence-electron chi connectivity index (χ3n) is 3.46. The van der Waals surface area contributed by atoms with Gasteiger partial charge in [-0.15, -0.1) is 0 Å². The molecule has 8 heteroatoms. The average Bonchev–Trinajstić information content (AvgIpc) is 2.86. The van der Waals surface area contributed by atoms with Gasteiger partial charge in [0.25, 0.3) is 5.91 Å². The van der Waals surface area contributed by atoms with Crippen LogP contribution in [0.15, 0.2) is 33.9 Å². The predicted octanol–water partition coefficient (Wildman–Crippen LogP) is 1.52. The number of benzene rings is 1. The molecule has 0 aliphatic carbocycles. The molecule has 130 valence electrons. The molecule has 7 nitrogen and oxygen atoms in total. The summed E-state index contributed by atoms with van der Waals surface area (Å²) in [6.45, 7) is 2.36. The van der Waals surface area contributed by atoms with Gasteiger partial charge in [-0.2, -0.15) is 0 Å². The van der Waals surface area contributed by atoms with Gasteiger partial charge in [0.05, 0.1) is 38.1 Å². The number of rotatable bonds is 7. The van der Waals surface area contributed by atoms with Crippen molar-refractivity contribution in [3.63, 3.8) is 0 Å². The van der Waals surface area contributed by atoms with Crippen molar-refractivity contribution in [1.29, 1.82) is 0 Å². The maximum Gasteiger partial charge on any atom is 0.337 e. The number of anilines is 1. The van der Waals surface area contributed by atoms with Crippen LogP contribution in [-0.4, -0.2) is 55.3 Å². The maximum atomic E-state index is 12.5. The Morgan fingerprint density at radius 1 is 1.46 bits per heavy atom. The standard InChI is InChI=1S/C16H19BrN2O5/c1-3-24-13-8-10(17)4-5-12(13)18-14-11(16(22)23-2)9-19(6-7-20)15(14)21/h4-5,8,18,20H,3,6-7,9H2,1-2H3. The van der Waals surface area contributed by atoms with E-state index in [1.165, 1.54) is 12.0 Å². The van der Waals surface area contributed by atoms with Crippen molar-refractivity contribution in [1.82, 2.24) is 4.90 Å². The zero-order valence-corrected chi connectivity index (χ0v) is 15.1. The smallest absolute Gasteiger partial charge is 0.337 e. The first-order valence-electron chi connectivity index (χ1n) is 7.42. The Kier molecular flexibility index (Phi) is 6.22. The number of β-amino-alcohol motifs (C(OH)–C–C–N with tert-alkyl or cyclic N) is 1. The van der Waals surface area contributed by atoms with Gasteiger partial charge in [-0.05, 0) is 25.1 Å². The molecule has 0 radical (unpaired) electrons. The summed E-state index contributed by atoms with van der Waals surface area (Å²) in [4.78, 5) is 25.9. The summed E-state index contributed by atoms with van der Waals surface area (Å²) in [7, 11) is 1.26. The van der Waals surface area contributed by atoms with Gasteiger partial charge in [-0.25, -0.2) is 4.79 Å². The van der Waals surface area contributed by atoms with Crippen molar-refractivity contribution in [2.75, 3.05) is 38.7 Å². The van der Waals surface area contributed by atoms with E-state index in [1.54, 1.807) is 18.2 Å². The molecule has 0 fully saturated rings. The van der Waals surface area contributed by atoms with Crippen LogP contribution in [0.3, 0.4) is 0 Å². The van der Waals surface area contributed by atoms with Crippen LogP contribution in [0.2, 0.25) is 0 Å². The predicted molar refractivity (Wildman–Crippen MR) is 91.6 cm³/mol. The zero-order chi connectivity index (χ0) is 17.7. The second kappa shape index (κ2) is 8.16. The number of esters is 1. The van der Waals surface area contributed by atoms with Gasteiger partial charge in [-0.1, -0.05) is 15.9 Å². The van der Waals surface area contributed by atoms with Crippen LogP contribution in [0.5, 0.6) is 5.75 Å². The molecule has 1 aliphatic rings. The average molecular weight is 399 g/mol. The summed E-state index contributed by atoms with van der Waals surface area (Å²) in [6, 6.07) is 5.32. The summed E-state index contributed by atoms with van der Waals surface area (Å²) in [5, 5.41) is 12.1. The molecule has 0 unspecified atom stereocenters. The molecule has 1 amide bonds. The first-order valence-corrected chi connectivity index (χ1v) is 8.22. The second-order valence-corrected chi connectivity index (χ2v) is 5.91. The van der Waals surface area contributed by atoms with Gasteiger partial charge >= 0.3 is 5.97 Å². The quantitative estimate of drug-likeness (QED) is 0.677. The minimum Gasteiger partial charge on any atom is -0.492 e. The Balaban J connectivity index is 2.37. The number of nitrogens with one attached hydrogen (secondary N) is 1. The number of hydrogen-bond acceptors (Lipinski definition) is 6. The number of carbonyl (C=O) groups is 2. The Morgan fingerprint density at radius 3 is 2.83 bits per heavy atom. The fourth-order valence-corrected chi connectivity index (χ4v) is 2.70. The highest BCUT2D eigenvalue weighted by molar-refractivity contribution is 9.10. The first-order chi connectivity index (χ1) is 11.5. The summed E-state index contributed by atoms with van der Waals surface area (Å²) < 4.78 is 11.2. The third kappa shape index (κ3) is 3.88. The lowest BCUT2D eigenvalue weighted by Crippen LogP contribution is -2.31. The second-order valence-electron chi connectivity index (χ2n) is 4.99. The van der Waals surface area contributed by atoms with Crippen LogP contribution < -0.4 is 10.1 Å². The molecule has 1 aromatic rings. The van der Waals surface area contributed by atoms with Gasteiger partial charge in [0.2, 0.25) is 0 Å². The molecular formula is C16H19BrN2O5. The van der Waals surface area contributed by atoms with Gasteiger partial charge in [0.1, 0.15) is 11.4 Å². The maximum absolute atomic E-state index is 12.5. The van der Waals surface area contributed by atoms with Crippen LogP contribution >= 0.6 is 15.9 Å². The lowest BCUT2D eigenvalue weighted by molar-refractivity contribution is -0.136. The van der Waals surface area contributed by atoms with E-state index in [-0.39, 0.29) is 36.9 Å². The number of aliphatic hydroxyl groups excluding tert-OH is 1. The molecule has 0 aromatic heterocycles. The van der Waals surface area contributed by atoms with Gasteiger partial charge in [0, 0.05) is 11.0 Å². The largest absolute Gasteiger partial charge is 0.492 e. The minimum atomic E-state index is -0.582. The summed E-state index contributed by atoms with van der Waals surface area (Å²) >= 11 is 3.37. The number of aliphatic hydroxyl groups is 1. The number of ether oxygens (including phenoxy) is 2. The molecule has 2 N–H and O–H groups in total. The molecule has 0 saturated carbocycles. The Bertz CT molecular complexity index is 674. The highest BCUT2D eigenvalue weighted by Crippen LogP contribution is 2.31. The van der Waals surface area contributed by atoms with E-state index in [9.17, 15) is 9.59 Å². The van der Waals surface area contributed by atoms with Crippen molar-refractivity contribution in [2.24, 2.45) is 0 Å². The number of nitrogens with zero attached hydrogens (tertiary/aromatic N) is 1. The molecule has 0 atom stereocenters. The molecular weight excluding hydrogens is 380 g/mol. The Morgan fingerprint density at radius 2 is 2.21 bits per heavy atom. The molecule has 1 heterocycles. The molecule has 0 saturated heterocycles. The van der Waals surface area contributed by atoms with Gasteiger partial charge in [-0.3, -0.25) is 4.79 Å². The van der Waals surface area contributed by atoms with E-state index in [4.69, 9.17) is 14.6 Å². The molecule has 2 rings (SSSR count). The lowest BCUT2D eigenvalue weighted by Gasteiger charge is -2.16. The highest BCUT2D eigenvalue weighted by atomic mass is 79.9. The highest BCUT2D eigenvalue weighted by Gasteiger charge is 2.34. The Labute approximate surface area is 148 Å². The number of halogens is 1.